The molecule has 1 aliphatic heterocycles. The molecule has 0 radical (unpaired) electrons. The highest BCUT2D eigenvalue weighted by atomic mass is 32.2. The van der Waals surface area contributed by atoms with Crippen molar-refractivity contribution >= 4 is 23.2 Å². The Hall–Kier alpha value is -1.69. The molecule has 0 saturated carbocycles. The summed E-state index contributed by atoms with van der Waals surface area (Å²) in [6, 6.07) is 3.58. The Morgan fingerprint density at radius 1 is 1.21 bits per heavy atom. The van der Waals surface area contributed by atoms with E-state index in [2.05, 4.69) is 5.32 Å². The van der Waals surface area contributed by atoms with Gasteiger partial charge in [-0.25, -0.2) is 0 Å². The van der Waals surface area contributed by atoms with Crippen molar-refractivity contribution in [3.63, 3.8) is 0 Å². The second kappa shape index (κ2) is 4.16. The number of nitrogens with one attached hydrogen (secondary N) is 1. The number of carbonyl (C=O) groups is 1. The molecule has 0 atom stereocenters. The molecule has 1 aromatic carbocycles. The second-order valence-electron chi connectivity index (χ2n) is 4.25. The fourth-order valence-corrected chi connectivity index (χ4v) is 3.07. The van der Waals surface area contributed by atoms with E-state index in [1.807, 2.05) is 0 Å². The van der Waals surface area contributed by atoms with Crippen LogP contribution in [0.1, 0.15) is 12.0 Å². The van der Waals surface area contributed by atoms with Crippen molar-refractivity contribution in [2.24, 2.45) is 0 Å². The Balaban J connectivity index is 1.98. The van der Waals surface area contributed by atoms with Crippen LogP contribution in [-0.4, -0.2) is 5.78 Å². The van der Waals surface area contributed by atoms with Crippen LogP contribution in [0.3, 0.4) is 0 Å². The first-order valence-corrected chi connectivity index (χ1v) is 6.35. The van der Waals surface area contributed by atoms with Gasteiger partial charge in [0.25, 0.3) is 0 Å². The van der Waals surface area contributed by atoms with Crippen molar-refractivity contribution in [3.05, 3.63) is 46.5 Å². The van der Waals surface area contributed by atoms with Crippen molar-refractivity contribution in [1.82, 2.24) is 0 Å². The molecule has 0 unspecified atom stereocenters. The Bertz CT molecular complexity index is 631. The van der Waals surface area contributed by atoms with Gasteiger partial charge in [-0.05, 0) is 30.4 Å². The molecule has 2 nitrogen and oxygen atoms in total. The predicted octanol–water partition coefficient (Wildman–Crippen LogP) is 3.96. The molecule has 1 aromatic rings. The van der Waals surface area contributed by atoms with Gasteiger partial charge in [-0.15, -0.1) is 0 Å². The van der Waals surface area contributed by atoms with Gasteiger partial charge in [0.1, 0.15) is 0 Å². The number of hydrogen-bond donors (Lipinski definition) is 1. The molecule has 19 heavy (non-hydrogen) atoms. The van der Waals surface area contributed by atoms with E-state index in [4.69, 9.17) is 0 Å². The molecular weight excluding hydrogens is 275 g/mol. The van der Waals surface area contributed by atoms with Gasteiger partial charge in [0.05, 0.1) is 11.3 Å². The molecule has 0 fully saturated rings. The van der Waals surface area contributed by atoms with Gasteiger partial charge in [-0.1, -0.05) is 11.8 Å². The topological polar surface area (TPSA) is 29.1 Å². The van der Waals surface area contributed by atoms with Crippen LogP contribution >= 0.6 is 11.8 Å². The van der Waals surface area contributed by atoms with Crippen LogP contribution in [0.2, 0.25) is 0 Å². The number of allylic oxidation sites excluding steroid dienone is 3. The van der Waals surface area contributed by atoms with Crippen molar-refractivity contribution < 1.29 is 18.0 Å². The molecule has 1 N–H and O–H groups in total. The van der Waals surface area contributed by atoms with Crippen LogP contribution in [0, 0.1) is 0 Å². The van der Waals surface area contributed by atoms with Crippen molar-refractivity contribution in [2.45, 2.75) is 17.5 Å². The fraction of sp³-hybridized carbons (Fsp3) is 0.154. The number of ketones is 1. The Morgan fingerprint density at radius 2 is 2.00 bits per heavy atom. The first kappa shape index (κ1) is 12.3. The molecule has 3 rings (SSSR count). The number of hydrogen-bond acceptors (Lipinski definition) is 3. The molecule has 0 saturated heterocycles. The lowest BCUT2D eigenvalue weighted by atomic mass is 10.1. The number of benzene rings is 1. The lowest BCUT2D eigenvalue weighted by molar-refractivity contribution is -0.137. The van der Waals surface area contributed by atoms with E-state index in [1.54, 1.807) is 6.08 Å². The molecule has 1 heterocycles. The molecule has 6 heteroatoms. The summed E-state index contributed by atoms with van der Waals surface area (Å²) < 4.78 is 37.9. The van der Waals surface area contributed by atoms with Crippen LogP contribution in [0.15, 0.2) is 45.8 Å². The third-order valence-corrected chi connectivity index (χ3v) is 4.05. The number of carbonyl (C=O) groups excluding carboxylic acids is 1. The van der Waals surface area contributed by atoms with Crippen LogP contribution < -0.4 is 5.32 Å². The van der Waals surface area contributed by atoms with E-state index in [1.165, 1.54) is 23.9 Å². The third kappa shape index (κ3) is 2.28. The van der Waals surface area contributed by atoms with E-state index in [-0.39, 0.29) is 12.2 Å². The lowest BCUT2D eigenvalue weighted by Crippen LogP contribution is -2.13. The number of anilines is 1. The predicted molar refractivity (Wildman–Crippen MR) is 66.7 cm³/mol. The second-order valence-corrected chi connectivity index (χ2v) is 5.39. The zero-order valence-electron chi connectivity index (χ0n) is 9.54. The minimum atomic E-state index is -4.35. The summed E-state index contributed by atoms with van der Waals surface area (Å²) in [5.41, 5.74) is 0.745. The van der Waals surface area contributed by atoms with E-state index in [0.717, 1.165) is 22.7 Å². The summed E-state index contributed by atoms with van der Waals surface area (Å²) in [6.07, 6.45) is -0.984. The largest absolute Gasteiger partial charge is 0.416 e. The summed E-state index contributed by atoms with van der Waals surface area (Å²) in [5, 5.41) is 3.05. The zero-order valence-corrected chi connectivity index (χ0v) is 10.4. The minimum Gasteiger partial charge on any atom is -0.354 e. The van der Waals surface area contributed by atoms with Gasteiger partial charge in [-0.3, -0.25) is 4.79 Å². The highest BCUT2D eigenvalue weighted by Gasteiger charge is 2.32. The molecule has 98 valence electrons. The van der Waals surface area contributed by atoms with E-state index < -0.39 is 11.7 Å². The van der Waals surface area contributed by atoms with Gasteiger partial charge in [0, 0.05) is 21.9 Å². The smallest absolute Gasteiger partial charge is 0.354 e. The first-order valence-electron chi connectivity index (χ1n) is 5.54. The number of fused-ring (bicyclic) bond motifs is 1. The van der Waals surface area contributed by atoms with Crippen LogP contribution in [0.25, 0.3) is 0 Å². The number of halogens is 3. The molecule has 0 aromatic heterocycles. The SMILES string of the molecule is O=C1C=CC2=C(C1)Sc1cc(C(F)(F)F)ccc1N2. The van der Waals surface area contributed by atoms with Gasteiger partial charge >= 0.3 is 6.18 Å². The van der Waals surface area contributed by atoms with Crippen molar-refractivity contribution in [1.29, 1.82) is 0 Å². The maximum atomic E-state index is 12.6. The van der Waals surface area contributed by atoms with E-state index >= 15 is 0 Å². The Kier molecular flexibility index (Phi) is 2.70. The maximum Gasteiger partial charge on any atom is 0.416 e. The average Bonchev–Trinajstić information content (AvgIpc) is 2.34. The third-order valence-electron chi connectivity index (χ3n) is 2.88. The molecule has 2 aliphatic rings. The number of alkyl halides is 3. The summed E-state index contributed by atoms with van der Waals surface area (Å²) in [5.74, 6) is -0.0384. The quantitative estimate of drug-likeness (QED) is 0.781. The van der Waals surface area contributed by atoms with E-state index in [9.17, 15) is 18.0 Å². The van der Waals surface area contributed by atoms with Gasteiger partial charge in [0.15, 0.2) is 5.78 Å². The van der Waals surface area contributed by atoms with Crippen LogP contribution in [0.4, 0.5) is 18.9 Å². The summed E-state index contributed by atoms with van der Waals surface area (Å²) in [6.45, 7) is 0. The molecule has 0 spiro atoms. The highest BCUT2D eigenvalue weighted by Crippen LogP contribution is 2.44. The average molecular weight is 283 g/mol. The van der Waals surface area contributed by atoms with Gasteiger partial charge in [0.2, 0.25) is 0 Å². The first-order chi connectivity index (χ1) is 8.93. The van der Waals surface area contributed by atoms with Crippen molar-refractivity contribution in [2.75, 3.05) is 5.32 Å². The Morgan fingerprint density at radius 3 is 2.74 bits per heavy atom. The van der Waals surface area contributed by atoms with Gasteiger partial charge in [-0.2, -0.15) is 13.2 Å². The molecule has 0 amide bonds. The number of rotatable bonds is 0. The summed E-state index contributed by atoms with van der Waals surface area (Å²) in [4.78, 5) is 12.6. The van der Waals surface area contributed by atoms with E-state index in [0.29, 0.717) is 10.6 Å². The highest BCUT2D eigenvalue weighted by molar-refractivity contribution is 8.03. The normalized spacial score (nSPS) is 17.9. The monoisotopic (exact) mass is 283 g/mol. The van der Waals surface area contributed by atoms with Crippen LogP contribution in [0.5, 0.6) is 0 Å². The molecule has 0 bridgehead atoms. The Labute approximate surface area is 111 Å². The minimum absolute atomic E-state index is 0.0384. The summed E-state index contributed by atoms with van der Waals surface area (Å²) >= 11 is 1.22. The molecule has 1 aliphatic carbocycles. The van der Waals surface area contributed by atoms with Crippen molar-refractivity contribution in [3.8, 4) is 0 Å². The maximum absolute atomic E-state index is 12.6. The lowest BCUT2D eigenvalue weighted by Gasteiger charge is -2.24. The van der Waals surface area contributed by atoms with Crippen LogP contribution in [-0.2, 0) is 11.0 Å². The summed E-state index contributed by atoms with van der Waals surface area (Å²) in [7, 11) is 0. The number of thioether (sulfide) groups is 1. The standard InChI is InChI=1S/C13H8F3NOS/c14-13(15,16)7-1-3-9-11(5-7)19-12-6-8(18)2-4-10(12)17-9/h1-5,17H,6H2. The van der Waals surface area contributed by atoms with Gasteiger partial charge < -0.3 is 5.32 Å². The fourth-order valence-electron chi connectivity index (χ4n) is 1.95. The molecular formula is C13H8F3NOS. The zero-order chi connectivity index (χ0) is 13.6.